The molecule has 0 bridgehead atoms. The molecule has 0 radical (unpaired) electrons. The summed E-state index contributed by atoms with van der Waals surface area (Å²) in [5.74, 6) is -3.87. The van der Waals surface area contributed by atoms with Gasteiger partial charge in [-0.2, -0.15) is 0 Å². The van der Waals surface area contributed by atoms with Crippen molar-refractivity contribution in [1.82, 2.24) is 5.32 Å². The molecule has 1 atom stereocenters. The van der Waals surface area contributed by atoms with Crippen LogP contribution in [0.5, 0.6) is 11.5 Å². The fraction of sp³-hybridized carbons (Fsp3) is 0.182. The average Bonchev–Trinajstić information content (AvgIpc) is 2.25. The van der Waals surface area contributed by atoms with Gasteiger partial charge in [0, 0.05) is 11.6 Å². The Bertz CT molecular complexity index is 508. The molecule has 0 heterocycles. The number of nitrogens with one attached hydrogen (secondary N) is 1. The fourth-order valence-corrected chi connectivity index (χ4v) is 1.37. The molecular weight excluding hydrogens is 256 g/mol. The van der Waals surface area contributed by atoms with Crippen LogP contribution in [0.15, 0.2) is 18.2 Å². The molecule has 1 rings (SSSR count). The molecule has 0 aliphatic heterocycles. The van der Waals surface area contributed by atoms with Crippen molar-refractivity contribution >= 4 is 17.8 Å². The van der Waals surface area contributed by atoms with Gasteiger partial charge in [0.2, 0.25) is 5.91 Å². The van der Waals surface area contributed by atoms with Crippen LogP contribution in [0.25, 0.3) is 0 Å². The summed E-state index contributed by atoms with van der Waals surface area (Å²) in [5, 5.41) is 29.3. The number of carboxylic acids is 1. The average molecular weight is 268 g/mol. The quantitative estimate of drug-likeness (QED) is 0.469. The van der Waals surface area contributed by atoms with E-state index >= 15 is 0 Å². The van der Waals surface area contributed by atoms with Crippen LogP contribution >= 0.6 is 0 Å². The molecule has 8 nitrogen and oxygen atoms in total. The number of amides is 2. The summed E-state index contributed by atoms with van der Waals surface area (Å²) < 4.78 is 0. The van der Waals surface area contributed by atoms with E-state index in [4.69, 9.17) is 10.8 Å². The Hall–Kier alpha value is -2.77. The highest BCUT2D eigenvalue weighted by Crippen LogP contribution is 2.20. The van der Waals surface area contributed by atoms with E-state index in [1.54, 1.807) is 0 Å². The van der Waals surface area contributed by atoms with Crippen molar-refractivity contribution in [2.75, 3.05) is 0 Å². The molecule has 8 heteroatoms. The summed E-state index contributed by atoms with van der Waals surface area (Å²) >= 11 is 0. The second-order valence-corrected chi connectivity index (χ2v) is 3.77. The second-order valence-electron chi connectivity index (χ2n) is 3.77. The highest BCUT2D eigenvalue weighted by molar-refractivity contribution is 5.98. The number of primary amides is 1. The van der Waals surface area contributed by atoms with Crippen LogP contribution < -0.4 is 11.1 Å². The number of aromatic hydroxyl groups is 2. The van der Waals surface area contributed by atoms with Gasteiger partial charge in [-0.1, -0.05) is 0 Å². The van der Waals surface area contributed by atoms with Crippen molar-refractivity contribution in [1.29, 1.82) is 0 Å². The van der Waals surface area contributed by atoms with Crippen LogP contribution in [0.1, 0.15) is 16.8 Å². The monoisotopic (exact) mass is 268 g/mol. The number of carbonyl (C=O) groups is 3. The molecule has 0 saturated carbocycles. The number of hydrogen-bond acceptors (Lipinski definition) is 5. The van der Waals surface area contributed by atoms with Crippen LogP contribution in [0.4, 0.5) is 0 Å². The summed E-state index contributed by atoms with van der Waals surface area (Å²) in [5.41, 5.74) is 4.72. The maximum Gasteiger partial charge on any atom is 0.326 e. The SMILES string of the molecule is NC(=O)C[C@@H](NC(=O)c1cc(O)cc(O)c1)C(=O)O. The number of hydrogen-bond donors (Lipinski definition) is 5. The van der Waals surface area contributed by atoms with E-state index in [-0.39, 0.29) is 17.1 Å². The Balaban J connectivity index is 2.87. The first-order valence-corrected chi connectivity index (χ1v) is 5.14. The number of carbonyl (C=O) groups excluding carboxylic acids is 2. The Morgan fingerprint density at radius 1 is 1.16 bits per heavy atom. The minimum absolute atomic E-state index is 0.145. The Morgan fingerprint density at radius 2 is 1.68 bits per heavy atom. The van der Waals surface area contributed by atoms with Crippen LogP contribution in [-0.4, -0.2) is 39.1 Å². The van der Waals surface area contributed by atoms with Gasteiger partial charge in [0.25, 0.3) is 5.91 Å². The van der Waals surface area contributed by atoms with Crippen LogP contribution in [0.3, 0.4) is 0 Å². The summed E-state index contributed by atoms with van der Waals surface area (Å²) in [6.45, 7) is 0. The van der Waals surface area contributed by atoms with Crippen molar-refractivity contribution in [3.63, 3.8) is 0 Å². The normalized spacial score (nSPS) is 11.6. The van der Waals surface area contributed by atoms with E-state index in [0.29, 0.717) is 0 Å². The van der Waals surface area contributed by atoms with Crippen molar-refractivity contribution in [2.45, 2.75) is 12.5 Å². The molecule has 19 heavy (non-hydrogen) atoms. The van der Waals surface area contributed by atoms with Gasteiger partial charge in [0.1, 0.15) is 17.5 Å². The lowest BCUT2D eigenvalue weighted by Gasteiger charge is -2.13. The number of benzene rings is 1. The van der Waals surface area contributed by atoms with E-state index in [1.807, 2.05) is 0 Å². The molecule has 0 aliphatic carbocycles. The molecular formula is C11H12N2O6. The van der Waals surface area contributed by atoms with Gasteiger partial charge < -0.3 is 26.4 Å². The van der Waals surface area contributed by atoms with Crippen molar-refractivity contribution in [2.24, 2.45) is 5.73 Å². The van der Waals surface area contributed by atoms with E-state index in [9.17, 15) is 24.6 Å². The summed E-state index contributed by atoms with van der Waals surface area (Å²) in [6.07, 6.45) is -0.564. The zero-order chi connectivity index (χ0) is 14.6. The molecule has 0 fully saturated rings. The van der Waals surface area contributed by atoms with Gasteiger partial charge in [0.05, 0.1) is 6.42 Å². The Morgan fingerprint density at radius 3 is 2.11 bits per heavy atom. The highest BCUT2D eigenvalue weighted by atomic mass is 16.4. The minimum Gasteiger partial charge on any atom is -0.508 e. The first-order valence-electron chi connectivity index (χ1n) is 5.14. The largest absolute Gasteiger partial charge is 0.508 e. The van der Waals surface area contributed by atoms with Gasteiger partial charge in [0.15, 0.2) is 0 Å². The standard InChI is InChI=1S/C11H12N2O6/c12-9(16)4-8(11(18)19)13-10(17)5-1-6(14)3-7(15)2-5/h1-3,8,14-15H,4H2,(H2,12,16)(H,13,17)(H,18,19)/t8-/m1/s1. The Labute approximate surface area is 107 Å². The highest BCUT2D eigenvalue weighted by Gasteiger charge is 2.23. The predicted molar refractivity (Wildman–Crippen MR) is 62.5 cm³/mol. The molecule has 0 spiro atoms. The predicted octanol–water partition coefficient (Wildman–Crippen LogP) is -0.844. The van der Waals surface area contributed by atoms with Gasteiger partial charge in [-0.3, -0.25) is 9.59 Å². The zero-order valence-corrected chi connectivity index (χ0v) is 9.66. The first kappa shape index (κ1) is 14.3. The second kappa shape index (κ2) is 5.71. The van der Waals surface area contributed by atoms with E-state index in [0.717, 1.165) is 18.2 Å². The lowest BCUT2D eigenvalue weighted by atomic mass is 10.1. The number of phenolic OH excluding ortho intramolecular Hbond substituents is 2. The molecule has 102 valence electrons. The molecule has 1 aromatic carbocycles. The van der Waals surface area contributed by atoms with Crippen LogP contribution in [0, 0.1) is 0 Å². The summed E-state index contributed by atoms with van der Waals surface area (Å²) in [7, 11) is 0. The maximum atomic E-state index is 11.7. The van der Waals surface area contributed by atoms with Crippen molar-refractivity contribution in [3.8, 4) is 11.5 Å². The summed E-state index contributed by atoms with van der Waals surface area (Å²) in [4.78, 5) is 33.2. The molecule has 0 unspecified atom stereocenters. The lowest BCUT2D eigenvalue weighted by Crippen LogP contribution is -2.43. The third kappa shape index (κ3) is 4.19. The maximum absolute atomic E-state index is 11.7. The van der Waals surface area contributed by atoms with Gasteiger partial charge in [-0.05, 0) is 12.1 Å². The van der Waals surface area contributed by atoms with E-state index < -0.39 is 30.2 Å². The summed E-state index contributed by atoms with van der Waals surface area (Å²) in [6, 6.07) is 1.61. The topological polar surface area (TPSA) is 150 Å². The first-order chi connectivity index (χ1) is 8.79. The molecule has 0 aliphatic rings. The molecule has 0 saturated heterocycles. The molecule has 0 aromatic heterocycles. The molecule has 1 aromatic rings. The van der Waals surface area contributed by atoms with E-state index in [2.05, 4.69) is 5.32 Å². The molecule has 6 N–H and O–H groups in total. The van der Waals surface area contributed by atoms with Gasteiger partial charge in [-0.15, -0.1) is 0 Å². The van der Waals surface area contributed by atoms with E-state index in [1.165, 1.54) is 0 Å². The third-order valence-electron chi connectivity index (χ3n) is 2.17. The fourth-order valence-electron chi connectivity index (χ4n) is 1.37. The van der Waals surface area contributed by atoms with Gasteiger partial charge >= 0.3 is 5.97 Å². The molecule has 2 amide bonds. The number of carboxylic acid groups (broad SMARTS) is 1. The number of rotatable bonds is 5. The smallest absolute Gasteiger partial charge is 0.326 e. The third-order valence-corrected chi connectivity index (χ3v) is 2.17. The van der Waals surface area contributed by atoms with Crippen LogP contribution in [0.2, 0.25) is 0 Å². The number of phenols is 2. The lowest BCUT2D eigenvalue weighted by molar-refractivity contribution is -0.140. The zero-order valence-electron chi connectivity index (χ0n) is 9.66. The van der Waals surface area contributed by atoms with Crippen molar-refractivity contribution < 1.29 is 29.7 Å². The number of nitrogens with two attached hydrogens (primary N) is 1. The van der Waals surface area contributed by atoms with Crippen LogP contribution in [-0.2, 0) is 9.59 Å². The number of aliphatic carboxylic acids is 1. The Kier molecular flexibility index (Phi) is 4.30. The van der Waals surface area contributed by atoms with Gasteiger partial charge in [-0.25, -0.2) is 4.79 Å². The van der Waals surface area contributed by atoms with Crippen molar-refractivity contribution in [3.05, 3.63) is 23.8 Å². The minimum atomic E-state index is -1.48.